The fraction of sp³-hybridized carbons (Fsp3) is 0.607. The molecule has 1 aromatic carbocycles. The van der Waals surface area contributed by atoms with Crippen molar-refractivity contribution in [3.8, 4) is 5.75 Å². The van der Waals surface area contributed by atoms with E-state index in [4.69, 9.17) is 28.1 Å². The molecule has 1 aromatic rings. The second-order valence-electron chi connectivity index (χ2n) is 11.0. The summed E-state index contributed by atoms with van der Waals surface area (Å²) in [5.41, 5.74) is 0.977. The van der Waals surface area contributed by atoms with Crippen LogP contribution in [-0.2, 0) is 34.8 Å². The van der Waals surface area contributed by atoms with Crippen LogP contribution in [0.2, 0.25) is 18.1 Å². The van der Waals surface area contributed by atoms with Gasteiger partial charge in [-0.2, -0.15) is 0 Å². The van der Waals surface area contributed by atoms with Gasteiger partial charge in [-0.3, -0.25) is 0 Å². The van der Waals surface area contributed by atoms with Gasteiger partial charge in [0, 0.05) is 6.08 Å². The zero-order valence-corrected chi connectivity index (χ0v) is 24.5. The average Bonchev–Trinajstić information content (AvgIpc) is 3.07. The number of esters is 1. The molecule has 8 heteroatoms. The van der Waals surface area contributed by atoms with Crippen LogP contribution >= 0.6 is 0 Å². The first-order chi connectivity index (χ1) is 16.7. The van der Waals surface area contributed by atoms with Gasteiger partial charge in [0.05, 0.1) is 33.0 Å². The smallest absolute Gasteiger partial charge is 0.330 e. The van der Waals surface area contributed by atoms with Crippen molar-refractivity contribution < 1.29 is 32.9 Å². The normalized spacial score (nSPS) is 22.2. The van der Waals surface area contributed by atoms with E-state index in [2.05, 4.69) is 33.9 Å². The number of ether oxygens (including phenoxy) is 5. The summed E-state index contributed by atoms with van der Waals surface area (Å²) in [4.78, 5) is 11.9. The van der Waals surface area contributed by atoms with E-state index in [1.54, 1.807) is 13.2 Å². The van der Waals surface area contributed by atoms with E-state index in [1.165, 1.54) is 13.2 Å². The topological polar surface area (TPSA) is 72.5 Å². The molecule has 1 aliphatic heterocycles. The molecule has 0 aliphatic carbocycles. The van der Waals surface area contributed by atoms with Gasteiger partial charge in [0.1, 0.15) is 18.0 Å². The summed E-state index contributed by atoms with van der Waals surface area (Å²) in [6.07, 6.45) is 5.73. The minimum atomic E-state index is -2.21. The Morgan fingerprint density at radius 3 is 2.22 bits per heavy atom. The maximum Gasteiger partial charge on any atom is 0.330 e. The summed E-state index contributed by atoms with van der Waals surface area (Å²) in [5, 5.41) is -0.0199. The molecule has 0 saturated carbocycles. The largest absolute Gasteiger partial charge is 0.497 e. The van der Waals surface area contributed by atoms with Crippen molar-refractivity contribution in [2.75, 3.05) is 14.2 Å². The average molecular weight is 521 g/mol. The van der Waals surface area contributed by atoms with Gasteiger partial charge in [-0.25, -0.2) is 4.79 Å². The minimum absolute atomic E-state index is 0.0199. The van der Waals surface area contributed by atoms with Gasteiger partial charge >= 0.3 is 5.97 Å². The lowest BCUT2D eigenvalue weighted by atomic mass is 10.1. The lowest BCUT2D eigenvalue weighted by Gasteiger charge is -2.40. The van der Waals surface area contributed by atoms with Gasteiger partial charge in [-0.1, -0.05) is 45.1 Å². The van der Waals surface area contributed by atoms with Crippen molar-refractivity contribution in [3.63, 3.8) is 0 Å². The SMILES string of the molecule is COC(=O)/C=C\[C@@H](OCc1ccc(OC)cc1)[C@@H](/C=C/[C@@H]1OC(C)(C)O[C@H]1C)O[Si](C)(C)C(C)(C)C. The van der Waals surface area contributed by atoms with Crippen LogP contribution in [0.15, 0.2) is 48.6 Å². The fourth-order valence-corrected chi connectivity index (χ4v) is 4.78. The number of carbonyl (C=O) groups is 1. The molecular formula is C28H44O7Si. The summed E-state index contributed by atoms with van der Waals surface area (Å²) in [7, 11) is 0.777. The molecule has 0 N–H and O–H groups in total. The van der Waals surface area contributed by atoms with E-state index < -0.39 is 32.3 Å². The third-order valence-corrected chi connectivity index (χ3v) is 11.1. The van der Waals surface area contributed by atoms with E-state index in [1.807, 2.05) is 57.2 Å². The Bertz CT molecular complexity index is 899. The van der Waals surface area contributed by atoms with E-state index in [-0.39, 0.29) is 17.2 Å². The molecule has 4 atom stereocenters. The lowest BCUT2D eigenvalue weighted by Crippen LogP contribution is -2.46. The molecule has 36 heavy (non-hydrogen) atoms. The highest BCUT2D eigenvalue weighted by molar-refractivity contribution is 6.74. The maximum absolute atomic E-state index is 11.9. The molecule has 0 aromatic heterocycles. The molecule has 0 radical (unpaired) electrons. The van der Waals surface area contributed by atoms with Crippen LogP contribution in [0, 0.1) is 0 Å². The van der Waals surface area contributed by atoms with E-state index in [0.29, 0.717) is 6.61 Å². The Morgan fingerprint density at radius 1 is 1.08 bits per heavy atom. The molecule has 0 amide bonds. The number of rotatable bonds is 11. The van der Waals surface area contributed by atoms with Crippen molar-refractivity contribution in [1.82, 2.24) is 0 Å². The predicted octanol–water partition coefficient (Wildman–Crippen LogP) is 5.80. The molecule has 1 aliphatic rings. The number of benzene rings is 1. The van der Waals surface area contributed by atoms with Crippen molar-refractivity contribution >= 4 is 14.3 Å². The van der Waals surface area contributed by atoms with Gasteiger partial charge in [0.25, 0.3) is 0 Å². The third kappa shape index (κ3) is 8.85. The second-order valence-corrected chi connectivity index (χ2v) is 15.8. The van der Waals surface area contributed by atoms with Crippen LogP contribution in [-0.4, -0.2) is 58.7 Å². The minimum Gasteiger partial charge on any atom is -0.497 e. The fourth-order valence-electron chi connectivity index (χ4n) is 3.53. The summed E-state index contributed by atoms with van der Waals surface area (Å²) in [5.74, 6) is -0.330. The molecular weight excluding hydrogens is 476 g/mol. The molecule has 0 bridgehead atoms. The first-order valence-electron chi connectivity index (χ1n) is 12.4. The van der Waals surface area contributed by atoms with Gasteiger partial charge in [-0.05, 0) is 62.7 Å². The van der Waals surface area contributed by atoms with Crippen molar-refractivity contribution in [2.24, 2.45) is 0 Å². The van der Waals surface area contributed by atoms with Gasteiger partial charge < -0.3 is 28.1 Å². The maximum atomic E-state index is 11.9. The molecule has 1 fully saturated rings. The van der Waals surface area contributed by atoms with E-state index >= 15 is 0 Å². The summed E-state index contributed by atoms with van der Waals surface area (Å²) in [6.45, 7) is 17.1. The van der Waals surface area contributed by atoms with Gasteiger partial charge in [0.2, 0.25) is 0 Å². The summed E-state index contributed by atoms with van der Waals surface area (Å²) >= 11 is 0. The molecule has 202 valence electrons. The van der Waals surface area contributed by atoms with Crippen LogP contribution in [0.3, 0.4) is 0 Å². The number of methoxy groups -OCH3 is 2. The quantitative estimate of drug-likeness (QED) is 0.158. The van der Waals surface area contributed by atoms with Crippen LogP contribution in [0.5, 0.6) is 5.75 Å². The molecule has 0 spiro atoms. The first-order valence-corrected chi connectivity index (χ1v) is 15.3. The number of carbonyl (C=O) groups excluding carboxylic acids is 1. The monoisotopic (exact) mass is 520 g/mol. The highest BCUT2D eigenvalue weighted by Gasteiger charge is 2.41. The second kappa shape index (κ2) is 12.5. The molecule has 1 heterocycles. The molecule has 0 unspecified atom stereocenters. The Labute approximate surface area is 217 Å². The van der Waals surface area contributed by atoms with Gasteiger partial charge in [0.15, 0.2) is 14.1 Å². The van der Waals surface area contributed by atoms with Crippen molar-refractivity contribution in [1.29, 1.82) is 0 Å². The number of hydrogen-bond donors (Lipinski definition) is 0. The first kappa shape index (κ1) is 30.3. The Kier molecular flexibility index (Phi) is 10.5. The molecule has 1 saturated heterocycles. The predicted molar refractivity (Wildman–Crippen MR) is 143 cm³/mol. The van der Waals surface area contributed by atoms with Crippen molar-refractivity contribution in [3.05, 3.63) is 54.1 Å². The Balaban J connectivity index is 2.36. The van der Waals surface area contributed by atoms with E-state index in [9.17, 15) is 4.79 Å². The highest BCUT2D eigenvalue weighted by atomic mass is 28.4. The van der Waals surface area contributed by atoms with E-state index in [0.717, 1.165) is 11.3 Å². The van der Waals surface area contributed by atoms with Crippen LogP contribution in [0.4, 0.5) is 0 Å². The van der Waals surface area contributed by atoms with Crippen molar-refractivity contribution in [2.45, 2.75) is 96.5 Å². The third-order valence-electron chi connectivity index (χ3n) is 6.63. The highest BCUT2D eigenvalue weighted by Crippen LogP contribution is 2.38. The van der Waals surface area contributed by atoms with Crippen LogP contribution in [0.25, 0.3) is 0 Å². The lowest BCUT2D eigenvalue weighted by molar-refractivity contribution is -0.141. The van der Waals surface area contributed by atoms with Crippen LogP contribution in [0.1, 0.15) is 47.1 Å². The summed E-state index contributed by atoms with van der Waals surface area (Å²) < 4.78 is 35.2. The molecule has 7 nitrogen and oxygen atoms in total. The zero-order chi connectivity index (χ0) is 27.1. The zero-order valence-electron chi connectivity index (χ0n) is 23.5. The number of hydrogen-bond acceptors (Lipinski definition) is 7. The van der Waals surface area contributed by atoms with Crippen LogP contribution < -0.4 is 4.74 Å². The summed E-state index contributed by atoms with van der Waals surface area (Å²) in [6, 6.07) is 7.68. The Hall–Kier alpha value is -1.97. The Morgan fingerprint density at radius 2 is 1.72 bits per heavy atom. The van der Waals surface area contributed by atoms with Gasteiger partial charge in [-0.15, -0.1) is 0 Å². The molecule has 2 rings (SSSR count). The standard InChI is InChI=1S/C28H44O7Si/c1-20-23(34-28(5,6)33-20)15-16-25(35-36(9,10)27(2,3)4)24(17-18-26(29)31-8)32-19-21-11-13-22(30-7)14-12-21/h11-18,20,23-25H,19H2,1-10H3/b16-15+,18-17-/t20-,23-,24+,25+/m0/s1.